The molecule has 132 valence electrons. The summed E-state index contributed by atoms with van der Waals surface area (Å²) in [6, 6.07) is 7.40. The van der Waals surface area contributed by atoms with Crippen LogP contribution in [0.3, 0.4) is 0 Å². The number of alkyl halides is 3. The predicted molar refractivity (Wildman–Crippen MR) is 86.4 cm³/mol. The number of nitrogens with one attached hydrogen (secondary N) is 1. The topological polar surface area (TPSA) is 68.3 Å². The van der Waals surface area contributed by atoms with Gasteiger partial charge < -0.3 is 10.1 Å². The molecule has 1 aromatic carbocycles. The summed E-state index contributed by atoms with van der Waals surface area (Å²) < 4.78 is 42.6. The van der Waals surface area contributed by atoms with Crippen LogP contribution in [0.15, 0.2) is 47.6 Å². The molecule has 0 aliphatic carbocycles. The zero-order valence-electron chi connectivity index (χ0n) is 13.0. The number of carbonyl (C=O) groups is 2. The lowest BCUT2D eigenvalue weighted by Crippen LogP contribution is -2.15. The lowest BCUT2D eigenvalue weighted by atomic mass is 10.2. The van der Waals surface area contributed by atoms with Gasteiger partial charge in [-0.25, -0.2) is 9.78 Å². The molecule has 1 amide bonds. The smallest absolute Gasteiger partial charge is 0.416 e. The van der Waals surface area contributed by atoms with Crippen molar-refractivity contribution in [3.8, 4) is 0 Å². The highest BCUT2D eigenvalue weighted by molar-refractivity contribution is 8.00. The molecule has 25 heavy (non-hydrogen) atoms. The van der Waals surface area contributed by atoms with Gasteiger partial charge in [-0.15, -0.1) is 0 Å². The molecule has 0 saturated heterocycles. The number of thioether (sulfide) groups is 1. The Bertz CT molecular complexity index is 781. The van der Waals surface area contributed by atoms with E-state index in [9.17, 15) is 22.8 Å². The van der Waals surface area contributed by atoms with Crippen LogP contribution in [0.4, 0.5) is 18.9 Å². The van der Waals surface area contributed by atoms with E-state index in [0.717, 1.165) is 23.9 Å². The summed E-state index contributed by atoms with van der Waals surface area (Å²) in [6.45, 7) is 0. The average molecular weight is 370 g/mol. The van der Waals surface area contributed by atoms with Crippen LogP contribution >= 0.6 is 11.8 Å². The molecule has 1 N–H and O–H groups in total. The highest BCUT2D eigenvalue weighted by Gasteiger charge is 2.30. The molecule has 5 nitrogen and oxygen atoms in total. The first-order valence-electron chi connectivity index (χ1n) is 6.94. The number of nitrogens with zero attached hydrogens (tertiary/aromatic N) is 1. The second kappa shape index (κ2) is 8.02. The van der Waals surface area contributed by atoms with E-state index in [4.69, 9.17) is 0 Å². The number of hydrogen-bond donors (Lipinski definition) is 1. The first-order chi connectivity index (χ1) is 11.8. The third kappa shape index (κ3) is 5.21. The van der Waals surface area contributed by atoms with Crippen molar-refractivity contribution in [1.82, 2.24) is 4.98 Å². The van der Waals surface area contributed by atoms with E-state index in [1.807, 2.05) is 0 Å². The number of halogens is 3. The van der Waals surface area contributed by atoms with Gasteiger partial charge in [-0.1, -0.05) is 17.8 Å². The molecule has 0 aliphatic heterocycles. The lowest BCUT2D eigenvalue weighted by Gasteiger charge is -2.10. The van der Waals surface area contributed by atoms with Crippen LogP contribution in [0, 0.1) is 0 Å². The van der Waals surface area contributed by atoms with Crippen LogP contribution in [0.5, 0.6) is 0 Å². The molecular weight excluding hydrogens is 357 g/mol. The van der Waals surface area contributed by atoms with Crippen molar-refractivity contribution < 1.29 is 27.5 Å². The largest absolute Gasteiger partial charge is 0.465 e. The molecular formula is C16H13F3N2O3S. The molecule has 0 atom stereocenters. The number of rotatable bonds is 5. The summed E-state index contributed by atoms with van der Waals surface area (Å²) in [4.78, 5) is 27.6. The predicted octanol–water partition coefficient (Wildman–Crippen LogP) is 3.62. The van der Waals surface area contributed by atoms with E-state index in [2.05, 4.69) is 15.0 Å². The second-order valence-corrected chi connectivity index (χ2v) is 5.73. The summed E-state index contributed by atoms with van der Waals surface area (Å²) in [5.74, 6) is -1.24. The third-order valence-electron chi connectivity index (χ3n) is 2.99. The molecule has 0 unspecified atom stereocenters. The molecule has 0 saturated carbocycles. The van der Waals surface area contributed by atoms with Crippen molar-refractivity contribution in [2.45, 2.75) is 11.2 Å². The number of benzene rings is 1. The fourth-order valence-corrected chi connectivity index (χ4v) is 2.66. The van der Waals surface area contributed by atoms with Crippen molar-refractivity contribution in [1.29, 1.82) is 0 Å². The minimum Gasteiger partial charge on any atom is -0.465 e. The third-order valence-corrected chi connectivity index (χ3v) is 4.00. The quantitative estimate of drug-likeness (QED) is 0.643. The summed E-state index contributed by atoms with van der Waals surface area (Å²) in [5, 5.41) is 2.68. The number of carbonyl (C=O) groups excluding carboxylic acids is 2. The Labute approximate surface area is 145 Å². The Kier molecular flexibility index (Phi) is 6.02. The minimum atomic E-state index is -4.49. The zero-order chi connectivity index (χ0) is 18.4. The van der Waals surface area contributed by atoms with Crippen LogP contribution in [-0.4, -0.2) is 29.7 Å². The van der Waals surface area contributed by atoms with Crippen LogP contribution in [0.1, 0.15) is 15.9 Å². The van der Waals surface area contributed by atoms with E-state index in [-0.39, 0.29) is 17.0 Å². The summed E-state index contributed by atoms with van der Waals surface area (Å²) >= 11 is 0.982. The maximum atomic E-state index is 12.7. The van der Waals surface area contributed by atoms with Crippen molar-refractivity contribution in [2.24, 2.45) is 0 Å². The molecule has 0 radical (unpaired) electrons. The summed E-state index contributed by atoms with van der Waals surface area (Å²) in [7, 11) is 1.23. The van der Waals surface area contributed by atoms with Gasteiger partial charge in [0.25, 0.3) is 0 Å². The molecule has 9 heteroatoms. The molecule has 2 aromatic rings. The van der Waals surface area contributed by atoms with Crippen molar-refractivity contribution in [2.75, 3.05) is 18.2 Å². The molecule has 1 heterocycles. The number of amides is 1. The van der Waals surface area contributed by atoms with Gasteiger partial charge in [0.05, 0.1) is 24.0 Å². The van der Waals surface area contributed by atoms with Crippen LogP contribution in [-0.2, 0) is 15.7 Å². The lowest BCUT2D eigenvalue weighted by molar-refractivity contribution is -0.137. The van der Waals surface area contributed by atoms with E-state index in [1.54, 1.807) is 6.07 Å². The van der Waals surface area contributed by atoms with Crippen LogP contribution in [0.25, 0.3) is 0 Å². The number of pyridine rings is 1. The molecule has 0 bridgehead atoms. The normalized spacial score (nSPS) is 11.0. The number of aromatic nitrogens is 1. The molecule has 0 aliphatic rings. The van der Waals surface area contributed by atoms with Gasteiger partial charge in [-0.05, 0) is 30.3 Å². The van der Waals surface area contributed by atoms with E-state index in [0.29, 0.717) is 5.03 Å². The van der Waals surface area contributed by atoms with E-state index >= 15 is 0 Å². The van der Waals surface area contributed by atoms with Crippen LogP contribution in [0.2, 0.25) is 0 Å². The summed E-state index contributed by atoms with van der Waals surface area (Å²) in [5.41, 5.74) is -0.604. The Morgan fingerprint density at radius 3 is 2.68 bits per heavy atom. The monoisotopic (exact) mass is 370 g/mol. The van der Waals surface area contributed by atoms with Crippen molar-refractivity contribution in [3.05, 3.63) is 53.7 Å². The van der Waals surface area contributed by atoms with Gasteiger partial charge in [-0.2, -0.15) is 13.2 Å². The minimum absolute atomic E-state index is 0.0367. The number of ether oxygens (including phenoxy) is 1. The number of hydrogen-bond acceptors (Lipinski definition) is 5. The van der Waals surface area contributed by atoms with Gasteiger partial charge in [0.15, 0.2) is 0 Å². The zero-order valence-corrected chi connectivity index (χ0v) is 13.8. The van der Waals surface area contributed by atoms with Gasteiger partial charge in [0, 0.05) is 11.9 Å². The number of esters is 1. The first-order valence-corrected chi connectivity index (χ1v) is 7.93. The Morgan fingerprint density at radius 1 is 1.24 bits per heavy atom. The average Bonchev–Trinajstić information content (AvgIpc) is 2.59. The van der Waals surface area contributed by atoms with Gasteiger partial charge in [-0.3, -0.25) is 4.79 Å². The Balaban J connectivity index is 2.02. The SMILES string of the molecule is COC(=O)c1cccnc1SCC(=O)Nc1cccc(C(F)(F)F)c1. The number of anilines is 1. The van der Waals surface area contributed by atoms with E-state index in [1.165, 1.54) is 31.5 Å². The van der Waals surface area contributed by atoms with Crippen LogP contribution < -0.4 is 5.32 Å². The highest BCUT2D eigenvalue weighted by Crippen LogP contribution is 2.30. The maximum absolute atomic E-state index is 12.7. The van der Waals surface area contributed by atoms with Gasteiger partial charge in [0.2, 0.25) is 5.91 Å². The standard InChI is InChI=1S/C16H13F3N2O3S/c1-24-15(23)12-6-3-7-20-14(12)25-9-13(22)21-11-5-2-4-10(8-11)16(17,18)19/h2-8H,9H2,1H3,(H,21,22). The number of methoxy groups -OCH3 is 1. The fourth-order valence-electron chi connectivity index (χ4n) is 1.88. The molecule has 1 aromatic heterocycles. The van der Waals surface area contributed by atoms with Crippen molar-refractivity contribution in [3.63, 3.8) is 0 Å². The molecule has 0 spiro atoms. The van der Waals surface area contributed by atoms with E-state index < -0.39 is 23.6 Å². The van der Waals surface area contributed by atoms with Gasteiger partial charge >= 0.3 is 12.1 Å². The molecule has 2 rings (SSSR count). The maximum Gasteiger partial charge on any atom is 0.416 e. The first kappa shape index (κ1) is 18.8. The van der Waals surface area contributed by atoms with Crippen molar-refractivity contribution >= 4 is 29.3 Å². The Hall–Kier alpha value is -2.55. The van der Waals surface area contributed by atoms with Gasteiger partial charge in [0.1, 0.15) is 5.03 Å². The molecule has 0 fully saturated rings. The Morgan fingerprint density at radius 2 is 2.00 bits per heavy atom. The fraction of sp³-hybridized carbons (Fsp3) is 0.188. The highest BCUT2D eigenvalue weighted by atomic mass is 32.2. The second-order valence-electron chi connectivity index (χ2n) is 4.76. The summed E-state index contributed by atoms with van der Waals surface area (Å²) in [6.07, 6.45) is -3.03.